The Morgan fingerprint density at radius 3 is 2.55 bits per heavy atom. The minimum Gasteiger partial charge on any atom is -0.395 e. The Morgan fingerprint density at radius 1 is 1.05 bits per heavy atom. The van der Waals surface area contributed by atoms with Crippen LogP contribution in [0.5, 0.6) is 0 Å². The van der Waals surface area contributed by atoms with Crippen molar-refractivity contribution < 1.29 is 5.11 Å². The molecule has 0 aliphatic carbocycles. The fourth-order valence-electron chi connectivity index (χ4n) is 2.24. The number of aromatic nitrogens is 1. The molecule has 4 heteroatoms. The number of nitrogens with two attached hydrogens (primary N) is 1. The molecule has 106 valence electrons. The zero-order chi connectivity index (χ0) is 14.2. The second kappa shape index (κ2) is 7.75. The first-order chi connectivity index (χ1) is 9.83. The molecule has 2 aromatic rings. The summed E-state index contributed by atoms with van der Waals surface area (Å²) < 4.78 is 0. The average Bonchev–Trinajstić information content (AvgIpc) is 2.49. The number of hydrogen-bond acceptors (Lipinski definition) is 4. The Labute approximate surface area is 119 Å². The molecule has 0 saturated carbocycles. The summed E-state index contributed by atoms with van der Waals surface area (Å²) in [5, 5.41) is 9.24. The highest BCUT2D eigenvalue weighted by molar-refractivity contribution is 5.20. The van der Waals surface area contributed by atoms with Crippen LogP contribution in [0.15, 0.2) is 48.7 Å². The van der Waals surface area contributed by atoms with Gasteiger partial charge in [-0.1, -0.05) is 36.4 Å². The Morgan fingerprint density at radius 2 is 1.85 bits per heavy atom. The van der Waals surface area contributed by atoms with E-state index in [4.69, 9.17) is 5.73 Å². The molecule has 0 bridgehead atoms. The van der Waals surface area contributed by atoms with Crippen molar-refractivity contribution in [3.63, 3.8) is 0 Å². The fourth-order valence-corrected chi connectivity index (χ4v) is 2.24. The molecule has 0 aliphatic rings. The van der Waals surface area contributed by atoms with Crippen molar-refractivity contribution in [1.29, 1.82) is 0 Å². The van der Waals surface area contributed by atoms with Crippen LogP contribution < -0.4 is 5.73 Å². The lowest BCUT2D eigenvalue weighted by Crippen LogP contribution is -2.27. The standard InChI is InChI=1S/C16H21N3O/c17-11-16-15(7-4-8-18-16)13-19(9-10-20)12-14-5-2-1-3-6-14/h1-8,20H,9-13,17H2. The van der Waals surface area contributed by atoms with Gasteiger partial charge in [-0.05, 0) is 17.2 Å². The van der Waals surface area contributed by atoms with Gasteiger partial charge >= 0.3 is 0 Å². The lowest BCUT2D eigenvalue weighted by atomic mass is 10.1. The molecule has 1 aromatic heterocycles. The lowest BCUT2D eigenvalue weighted by molar-refractivity contribution is 0.184. The van der Waals surface area contributed by atoms with E-state index in [1.165, 1.54) is 5.56 Å². The molecule has 0 amide bonds. The molecule has 0 radical (unpaired) electrons. The Balaban J connectivity index is 2.09. The predicted octanol–water partition coefficient (Wildman–Crippen LogP) is 1.53. The van der Waals surface area contributed by atoms with E-state index in [1.807, 2.05) is 30.3 Å². The molecule has 1 aromatic carbocycles. The summed E-state index contributed by atoms with van der Waals surface area (Å²) in [6.07, 6.45) is 1.76. The van der Waals surface area contributed by atoms with Crippen LogP contribution in [0.2, 0.25) is 0 Å². The summed E-state index contributed by atoms with van der Waals surface area (Å²) in [5.41, 5.74) is 9.00. The van der Waals surface area contributed by atoms with Gasteiger partial charge in [-0.3, -0.25) is 9.88 Å². The highest BCUT2D eigenvalue weighted by Crippen LogP contribution is 2.12. The van der Waals surface area contributed by atoms with Crippen LogP contribution in [0.3, 0.4) is 0 Å². The van der Waals surface area contributed by atoms with E-state index in [9.17, 15) is 5.11 Å². The second-order valence-corrected chi connectivity index (χ2v) is 4.73. The van der Waals surface area contributed by atoms with Crippen LogP contribution in [0.4, 0.5) is 0 Å². The van der Waals surface area contributed by atoms with Crippen LogP contribution in [-0.4, -0.2) is 28.1 Å². The Hall–Kier alpha value is -1.75. The maximum absolute atomic E-state index is 9.24. The van der Waals surface area contributed by atoms with Gasteiger partial charge in [-0.2, -0.15) is 0 Å². The van der Waals surface area contributed by atoms with E-state index in [2.05, 4.69) is 22.0 Å². The number of benzene rings is 1. The number of rotatable bonds is 7. The van der Waals surface area contributed by atoms with E-state index < -0.39 is 0 Å². The third kappa shape index (κ3) is 4.13. The first-order valence-electron chi connectivity index (χ1n) is 6.83. The lowest BCUT2D eigenvalue weighted by Gasteiger charge is -2.22. The van der Waals surface area contributed by atoms with Crippen LogP contribution in [-0.2, 0) is 19.6 Å². The van der Waals surface area contributed by atoms with Gasteiger partial charge in [0.1, 0.15) is 0 Å². The monoisotopic (exact) mass is 271 g/mol. The summed E-state index contributed by atoms with van der Waals surface area (Å²) in [6.45, 7) is 2.77. The quantitative estimate of drug-likeness (QED) is 0.802. The molecular weight excluding hydrogens is 250 g/mol. The zero-order valence-electron chi connectivity index (χ0n) is 11.6. The second-order valence-electron chi connectivity index (χ2n) is 4.73. The molecule has 0 unspecified atom stereocenters. The van der Waals surface area contributed by atoms with Gasteiger partial charge in [0, 0.05) is 32.4 Å². The van der Waals surface area contributed by atoms with Crippen molar-refractivity contribution in [2.24, 2.45) is 5.73 Å². The molecule has 3 N–H and O–H groups in total. The number of aliphatic hydroxyl groups excluding tert-OH is 1. The molecular formula is C16H21N3O. The van der Waals surface area contributed by atoms with Crippen LogP contribution in [0, 0.1) is 0 Å². The largest absolute Gasteiger partial charge is 0.395 e. The normalized spacial score (nSPS) is 10.9. The first-order valence-corrected chi connectivity index (χ1v) is 6.83. The van der Waals surface area contributed by atoms with Crippen LogP contribution >= 0.6 is 0 Å². The van der Waals surface area contributed by atoms with Gasteiger partial charge in [-0.25, -0.2) is 0 Å². The molecule has 20 heavy (non-hydrogen) atoms. The van der Waals surface area contributed by atoms with Crippen molar-refractivity contribution in [3.05, 3.63) is 65.5 Å². The highest BCUT2D eigenvalue weighted by Gasteiger charge is 2.09. The molecule has 0 spiro atoms. The van der Waals surface area contributed by atoms with Gasteiger partial charge in [0.05, 0.1) is 12.3 Å². The van der Waals surface area contributed by atoms with E-state index in [0.717, 1.165) is 24.3 Å². The molecule has 0 aliphatic heterocycles. The van der Waals surface area contributed by atoms with Gasteiger partial charge in [0.25, 0.3) is 0 Å². The highest BCUT2D eigenvalue weighted by atomic mass is 16.3. The van der Waals surface area contributed by atoms with Gasteiger partial charge in [0.15, 0.2) is 0 Å². The Kier molecular flexibility index (Phi) is 5.68. The summed E-state index contributed by atoms with van der Waals surface area (Å²) in [6, 6.07) is 14.2. The average molecular weight is 271 g/mol. The third-order valence-electron chi connectivity index (χ3n) is 3.24. The molecule has 2 rings (SSSR count). The topological polar surface area (TPSA) is 62.4 Å². The predicted molar refractivity (Wildman–Crippen MR) is 79.8 cm³/mol. The van der Waals surface area contributed by atoms with Crippen molar-refractivity contribution in [2.75, 3.05) is 13.2 Å². The van der Waals surface area contributed by atoms with Gasteiger partial charge < -0.3 is 10.8 Å². The van der Waals surface area contributed by atoms with E-state index in [-0.39, 0.29) is 6.61 Å². The zero-order valence-corrected chi connectivity index (χ0v) is 11.6. The van der Waals surface area contributed by atoms with Crippen LogP contribution in [0.25, 0.3) is 0 Å². The van der Waals surface area contributed by atoms with Crippen molar-refractivity contribution >= 4 is 0 Å². The number of aliphatic hydroxyl groups is 1. The van der Waals surface area contributed by atoms with E-state index >= 15 is 0 Å². The number of hydrogen-bond donors (Lipinski definition) is 2. The Bertz CT molecular complexity index is 516. The SMILES string of the molecule is NCc1ncccc1CN(CCO)Cc1ccccc1. The summed E-state index contributed by atoms with van der Waals surface area (Å²) in [4.78, 5) is 6.50. The summed E-state index contributed by atoms with van der Waals surface area (Å²) >= 11 is 0. The maximum atomic E-state index is 9.24. The first kappa shape index (κ1) is 14.7. The molecule has 0 atom stereocenters. The third-order valence-corrected chi connectivity index (χ3v) is 3.24. The fraction of sp³-hybridized carbons (Fsp3) is 0.312. The minimum atomic E-state index is 0.144. The van der Waals surface area contributed by atoms with E-state index in [1.54, 1.807) is 6.20 Å². The van der Waals surface area contributed by atoms with Gasteiger partial charge in [-0.15, -0.1) is 0 Å². The van der Waals surface area contributed by atoms with Crippen molar-refractivity contribution in [2.45, 2.75) is 19.6 Å². The van der Waals surface area contributed by atoms with Gasteiger partial charge in [0.2, 0.25) is 0 Å². The molecule has 0 saturated heterocycles. The summed E-state index contributed by atoms with van der Waals surface area (Å²) in [7, 11) is 0. The van der Waals surface area contributed by atoms with Crippen molar-refractivity contribution in [3.8, 4) is 0 Å². The smallest absolute Gasteiger partial charge is 0.0584 e. The molecule has 4 nitrogen and oxygen atoms in total. The molecule has 0 fully saturated rings. The molecule has 1 heterocycles. The van der Waals surface area contributed by atoms with Crippen LogP contribution in [0.1, 0.15) is 16.8 Å². The minimum absolute atomic E-state index is 0.144. The number of nitrogens with zero attached hydrogens (tertiary/aromatic N) is 2. The van der Waals surface area contributed by atoms with E-state index in [0.29, 0.717) is 13.1 Å². The van der Waals surface area contributed by atoms with Crippen molar-refractivity contribution in [1.82, 2.24) is 9.88 Å². The maximum Gasteiger partial charge on any atom is 0.0584 e. The summed E-state index contributed by atoms with van der Waals surface area (Å²) in [5.74, 6) is 0. The number of pyridine rings is 1.